The van der Waals surface area contributed by atoms with Crippen LogP contribution in [-0.2, 0) is 27.7 Å². The number of carbonyl (C=O) groups excluding carboxylic acids is 1. The first-order chi connectivity index (χ1) is 14.8. The Hall–Kier alpha value is -2.29. The molecule has 0 aromatic heterocycles. The van der Waals surface area contributed by atoms with Gasteiger partial charge < -0.3 is 10.2 Å². The summed E-state index contributed by atoms with van der Waals surface area (Å²) in [5.41, 5.74) is 3.08. The predicted octanol–water partition coefficient (Wildman–Crippen LogP) is 2.79. The molecule has 0 saturated heterocycles. The summed E-state index contributed by atoms with van der Waals surface area (Å²) in [6.07, 6.45) is 4.13. The van der Waals surface area contributed by atoms with Crippen LogP contribution in [0, 0.1) is 5.82 Å². The van der Waals surface area contributed by atoms with Crippen LogP contribution in [0.1, 0.15) is 42.0 Å². The summed E-state index contributed by atoms with van der Waals surface area (Å²) in [6.45, 7) is 0.310. The van der Waals surface area contributed by atoms with Crippen LogP contribution in [0.15, 0.2) is 47.4 Å². The van der Waals surface area contributed by atoms with Crippen LogP contribution in [0.4, 0.5) is 4.39 Å². The van der Waals surface area contributed by atoms with Gasteiger partial charge in [-0.3, -0.25) is 4.79 Å². The minimum atomic E-state index is -3.66. The number of halogens is 1. The number of carbonyl (C=O) groups is 1. The van der Waals surface area contributed by atoms with Crippen LogP contribution in [0.3, 0.4) is 0 Å². The van der Waals surface area contributed by atoms with Crippen LogP contribution in [0.5, 0.6) is 0 Å². The average Bonchev–Trinajstić information content (AvgIpc) is 2.73. The van der Waals surface area contributed by atoms with Gasteiger partial charge >= 0.3 is 0 Å². The number of likely N-dealkylation sites (N-methyl/N-ethyl adjacent to an activating group) is 1. The van der Waals surface area contributed by atoms with E-state index in [0.29, 0.717) is 6.54 Å². The van der Waals surface area contributed by atoms with E-state index in [-0.39, 0.29) is 35.6 Å². The number of amides is 1. The SMILES string of the molecule is CN(C)C(CNC(=O)CCNS(=O)(=O)c1ccc2c(c1)CCCC2)c1cccc(F)c1. The number of aryl methyl sites for hydroxylation is 2. The summed E-state index contributed by atoms with van der Waals surface area (Å²) < 4.78 is 41.2. The molecule has 1 atom stereocenters. The van der Waals surface area contributed by atoms with Gasteiger partial charge in [0.1, 0.15) is 5.82 Å². The van der Waals surface area contributed by atoms with Crippen molar-refractivity contribution in [2.24, 2.45) is 0 Å². The lowest BCUT2D eigenvalue weighted by atomic mass is 9.92. The third-order valence-corrected chi connectivity index (χ3v) is 7.08. The monoisotopic (exact) mass is 447 g/mol. The number of hydrogen-bond acceptors (Lipinski definition) is 4. The molecule has 0 spiro atoms. The van der Waals surface area contributed by atoms with Crippen molar-refractivity contribution in [1.82, 2.24) is 14.9 Å². The van der Waals surface area contributed by atoms with E-state index in [1.54, 1.807) is 18.2 Å². The maximum absolute atomic E-state index is 13.5. The van der Waals surface area contributed by atoms with Gasteiger partial charge in [0.05, 0.1) is 10.9 Å². The van der Waals surface area contributed by atoms with Crippen molar-refractivity contribution in [3.8, 4) is 0 Å². The molecule has 1 unspecified atom stereocenters. The molecule has 8 heteroatoms. The third-order valence-electron chi connectivity index (χ3n) is 5.62. The number of benzene rings is 2. The molecule has 2 aromatic rings. The van der Waals surface area contributed by atoms with Gasteiger partial charge in [-0.2, -0.15) is 0 Å². The van der Waals surface area contributed by atoms with Crippen LogP contribution in [0.2, 0.25) is 0 Å². The van der Waals surface area contributed by atoms with Gasteiger partial charge in [0, 0.05) is 19.5 Å². The summed E-state index contributed by atoms with van der Waals surface area (Å²) >= 11 is 0. The minimum Gasteiger partial charge on any atom is -0.354 e. The fourth-order valence-corrected chi connectivity index (χ4v) is 4.95. The fraction of sp³-hybridized carbons (Fsp3) is 0.435. The Balaban J connectivity index is 1.51. The van der Waals surface area contributed by atoms with Crippen molar-refractivity contribution < 1.29 is 17.6 Å². The highest BCUT2D eigenvalue weighted by atomic mass is 32.2. The van der Waals surface area contributed by atoms with E-state index < -0.39 is 10.0 Å². The van der Waals surface area contributed by atoms with Crippen molar-refractivity contribution in [1.29, 1.82) is 0 Å². The molecule has 1 aliphatic carbocycles. The quantitative estimate of drug-likeness (QED) is 0.620. The van der Waals surface area contributed by atoms with Gasteiger partial charge in [0.2, 0.25) is 15.9 Å². The highest BCUT2D eigenvalue weighted by Crippen LogP contribution is 2.24. The lowest BCUT2D eigenvalue weighted by molar-refractivity contribution is -0.121. The number of nitrogens with one attached hydrogen (secondary N) is 2. The van der Waals surface area contributed by atoms with Gasteiger partial charge in [-0.1, -0.05) is 18.2 Å². The molecule has 0 fully saturated rings. The summed E-state index contributed by atoms with van der Waals surface area (Å²) in [6, 6.07) is 11.4. The first-order valence-corrected chi connectivity index (χ1v) is 12.0. The van der Waals surface area contributed by atoms with E-state index in [2.05, 4.69) is 10.0 Å². The maximum atomic E-state index is 13.5. The van der Waals surface area contributed by atoms with Crippen LogP contribution >= 0.6 is 0 Å². The summed E-state index contributed by atoms with van der Waals surface area (Å²) in [4.78, 5) is 14.4. The zero-order valence-corrected chi connectivity index (χ0v) is 18.8. The van der Waals surface area contributed by atoms with E-state index >= 15 is 0 Å². The average molecular weight is 448 g/mol. The Morgan fingerprint density at radius 2 is 1.84 bits per heavy atom. The molecular weight excluding hydrogens is 417 g/mol. The molecule has 2 aromatic carbocycles. The number of sulfonamides is 1. The van der Waals surface area contributed by atoms with E-state index in [4.69, 9.17) is 0 Å². The summed E-state index contributed by atoms with van der Waals surface area (Å²) in [5.74, 6) is -0.594. The molecule has 3 rings (SSSR count). The van der Waals surface area contributed by atoms with E-state index in [0.717, 1.165) is 36.8 Å². The number of nitrogens with zero attached hydrogens (tertiary/aromatic N) is 1. The summed E-state index contributed by atoms with van der Waals surface area (Å²) in [7, 11) is 0.0494. The van der Waals surface area contributed by atoms with Gasteiger partial charge in [0.25, 0.3) is 0 Å². The predicted molar refractivity (Wildman–Crippen MR) is 119 cm³/mol. The smallest absolute Gasteiger partial charge is 0.240 e. The molecule has 0 heterocycles. The Bertz CT molecular complexity index is 1020. The lowest BCUT2D eigenvalue weighted by Gasteiger charge is -2.25. The highest BCUT2D eigenvalue weighted by Gasteiger charge is 2.19. The summed E-state index contributed by atoms with van der Waals surface area (Å²) in [5, 5.41) is 2.81. The number of rotatable bonds is 9. The third kappa shape index (κ3) is 6.35. The minimum absolute atomic E-state index is 0.0118. The molecule has 31 heavy (non-hydrogen) atoms. The van der Waals surface area contributed by atoms with E-state index in [9.17, 15) is 17.6 Å². The van der Waals surface area contributed by atoms with Crippen LogP contribution in [-0.4, -0.2) is 46.4 Å². The van der Waals surface area contributed by atoms with Gasteiger partial charge in [-0.25, -0.2) is 17.5 Å². The van der Waals surface area contributed by atoms with Crippen molar-refractivity contribution in [3.63, 3.8) is 0 Å². The molecule has 168 valence electrons. The Morgan fingerprint density at radius 1 is 1.10 bits per heavy atom. The standard InChI is InChI=1S/C23H30FN3O3S/c1-27(2)22(19-8-5-9-20(24)14-19)16-25-23(28)12-13-26-31(29,30)21-11-10-17-6-3-4-7-18(17)15-21/h5,8-11,14-15,22,26H,3-4,6-7,12-13,16H2,1-2H3,(H,25,28). The molecule has 1 amide bonds. The molecule has 0 radical (unpaired) electrons. The van der Waals surface area contributed by atoms with Crippen LogP contribution < -0.4 is 10.0 Å². The first kappa shape index (κ1) is 23.4. The second-order valence-corrected chi connectivity index (χ2v) is 9.89. The van der Waals surface area contributed by atoms with E-state index in [1.807, 2.05) is 31.1 Å². The second kappa shape index (κ2) is 10.3. The highest BCUT2D eigenvalue weighted by molar-refractivity contribution is 7.89. The number of fused-ring (bicyclic) bond motifs is 1. The van der Waals surface area contributed by atoms with Crippen molar-refractivity contribution >= 4 is 15.9 Å². The topological polar surface area (TPSA) is 78.5 Å². The van der Waals surface area contributed by atoms with Crippen molar-refractivity contribution in [2.75, 3.05) is 27.2 Å². The molecule has 0 aliphatic heterocycles. The first-order valence-electron chi connectivity index (χ1n) is 10.6. The van der Waals surface area contributed by atoms with Gasteiger partial charge in [-0.15, -0.1) is 0 Å². The Kier molecular flexibility index (Phi) is 7.80. The Morgan fingerprint density at radius 3 is 2.55 bits per heavy atom. The van der Waals surface area contributed by atoms with Crippen LogP contribution in [0.25, 0.3) is 0 Å². The fourth-order valence-electron chi connectivity index (χ4n) is 3.87. The van der Waals surface area contributed by atoms with Crippen molar-refractivity contribution in [3.05, 3.63) is 65.0 Å². The zero-order chi connectivity index (χ0) is 22.4. The zero-order valence-electron chi connectivity index (χ0n) is 18.0. The van der Waals surface area contributed by atoms with Gasteiger partial charge in [-0.05, 0) is 80.7 Å². The molecule has 0 saturated carbocycles. The normalized spacial score (nSPS) is 14.8. The second-order valence-electron chi connectivity index (χ2n) is 8.12. The molecule has 2 N–H and O–H groups in total. The molecule has 0 bridgehead atoms. The van der Waals surface area contributed by atoms with Gasteiger partial charge in [0.15, 0.2) is 0 Å². The molecular formula is C23H30FN3O3S. The largest absolute Gasteiger partial charge is 0.354 e. The molecule has 6 nitrogen and oxygen atoms in total. The maximum Gasteiger partial charge on any atom is 0.240 e. The van der Waals surface area contributed by atoms with Crippen molar-refractivity contribution in [2.45, 2.75) is 43.0 Å². The van der Waals surface area contributed by atoms with E-state index in [1.165, 1.54) is 17.7 Å². The lowest BCUT2D eigenvalue weighted by Crippen LogP contribution is -2.36. The molecule has 1 aliphatic rings. The Labute approximate surface area is 183 Å². The number of hydrogen-bond donors (Lipinski definition) is 2.